The summed E-state index contributed by atoms with van der Waals surface area (Å²) in [5.74, 6) is 0.555. The van der Waals surface area contributed by atoms with E-state index in [1.54, 1.807) is 14.1 Å². The Morgan fingerprint density at radius 3 is 3.00 bits per heavy atom. The Bertz CT molecular complexity index is 346. The number of hydrogen-bond acceptors (Lipinski definition) is 6. The maximum atomic E-state index is 11.3. The lowest BCUT2D eigenvalue weighted by molar-refractivity contribution is 0.241. The zero-order valence-electron chi connectivity index (χ0n) is 8.97. The van der Waals surface area contributed by atoms with Crippen molar-refractivity contribution in [3.63, 3.8) is 0 Å². The highest BCUT2D eigenvalue weighted by molar-refractivity contribution is 8.13. The van der Waals surface area contributed by atoms with Gasteiger partial charge in [-0.15, -0.1) is 11.6 Å². The van der Waals surface area contributed by atoms with Crippen LogP contribution in [-0.4, -0.2) is 46.1 Å². The Morgan fingerprint density at radius 2 is 2.38 bits per heavy atom. The Labute approximate surface area is 107 Å². The summed E-state index contributed by atoms with van der Waals surface area (Å²) in [5.41, 5.74) is 0. The minimum Gasteiger partial charge on any atom is -0.469 e. The standard InChI is InChI=1S/C8H12ClN3O2S2/c1-12(2)8(13)15-6-10-7(16-11-6)14-5-3-4-9/h3-5H2,1-2H3. The lowest BCUT2D eigenvalue weighted by atomic mass is 10.5. The number of carbonyl (C=O) groups is 1. The molecule has 0 aliphatic rings. The molecule has 16 heavy (non-hydrogen) atoms. The van der Waals surface area contributed by atoms with Gasteiger partial charge in [-0.25, -0.2) is 0 Å². The second-order valence-corrected chi connectivity index (χ2v) is 5.01. The lowest BCUT2D eigenvalue weighted by Crippen LogP contribution is -2.16. The largest absolute Gasteiger partial charge is 0.469 e. The highest BCUT2D eigenvalue weighted by atomic mass is 35.5. The van der Waals surface area contributed by atoms with Crippen molar-refractivity contribution < 1.29 is 9.53 Å². The second-order valence-electron chi connectivity index (χ2n) is 3.00. The number of amides is 1. The molecule has 1 rings (SSSR count). The Hall–Kier alpha value is -0.530. The molecule has 0 saturated heterocycles. The van der Waals surface area contributed by atoms with Crippen molar-refractivity contribution in [1.82, 2.24) is 14.3 Å². The van der Waals surface area contributed by atoms with Crippen molar-refractivity contribution in [3.05, 3.63) is 0 Å². The maximum absolute atomic E-state index is 11.3. The number of aromatic nitrogens is 2. The smallest absolute Gasteiger partial charge is 0.293 e. The molecule has 1 aromatic rings. The van der Waals surface area contributed by atoms with Gasteiger partial charge in [0.2, 0.25) is 5.16 Å². The highest BCUT2D eigenvalue weighted by Crippen LogP contribution is 2.23. The topological polar surface area (TPSA) is 55.3 Å². The van der Waals surface area contributed by atoms with Crippen LogP contribution in [0.5, 0.6) is 5.19 Å². The predicted octanol–water partition coefficient (Wildman–Crippen LogP) is 2.32. The normalized spacial score (nSPS) is 10.2. The first-order valence-electron chi connectivity index (χ1n) is 4.55. The van der Waals surface area contributed by atoms with E-state index >= 15 is 0 Å². The van der Waals surface area contributed by atoms with E-state index in [4.69, 9.17) is 16.3 Å². The molecule has 0 radical (unpaired) electrons. The molecule has 0 saturated carbocycles. The third-order valence-corrected chi connectivity index (χ3v) is 3.35. The first-order chi connectivity index (χ1) is 7.63. The summed E-state index contributed by atoms with van der Waals surface area (Å²) in [5, 5.41) is 0.786. The molecule has 0 unspecified atom stereocenters. The van der Waals surface area contributed by atoms with Gasteiger partial charge in [0.15, 0.2) is 0 Å². The molecule has 8 heteroatoms. The van der Waals surface area contributed by atoms with Crippen molar-refractivity contribution in [2.75, 3.05) is 26.6 Å². The minimum atomic E-state index is -0.106. The molecule has 0 bridgehead atoms. The van der Waals surface area contributed by atoms with E-state index in [0.717, 1.165) is 29.7 Å². The highest BCUT2D eigenvalue weighted by Gasteiger charge is 2.12. The van der Waals surface area contributed by atoms with Gasteiger partial charge in [0, 0.05) is 43.3 Å². The van der Waals surface area contributed by atoms with Crippen molar-refractivity contribution in [3.8, 4) is 5.19 Å². The van der Waals surface area contributed by atoms with Crippen molar-refractivity contribution >= 4 is 40.1 Å². The van der Waals surface area contributed by atoms with Crippen LogP contribution in [0.3, 0.4) is 0 Å². The summed E-state index contributed by atoms with van der Waals surface area (Å²) in [6, 6.07) is 0. The van der Waals surface area contributed by atoms with E-state index in [1.165, 1.54) is 4.90 Å². The van der Waals surface area contributed by atoms with E-state index in [0.29, 0.717) is 22.8 Å². The number of carbonyl (C=O) groups excluding carboxylic acids is 1. The van der Waals surface area contributed by atoms with Gasteiger partial charge in [0.05, 0.1) is 6.61 Å². The molecular formula is C8H12ClN3O2S2. The Kier molecular flexibility index (Phi) is 5.86. The van der Waals surface area contributed by atoms with Crippen LogP contribution in [0, 0.1) is 0 Å². The first-order valence-corrected chi connectivity index (χ1v) is 6.67. The van der Waals surface area contributed by atoms with Crippen molar-refractivity contribution in [1.29, 1.82) is 0 Å². The molecule has 0 aromatic carbocycles. The predicted molar refractivity (Wildman–Crippen MR) is 65.7 cm³/mol. The summed E-state index contributed by atoms with van der Waals surface area (Å²) < 4.78 is 9.30. The molecule has 0 aliphatic heterocycles. The van der Waals surface area contributed by atoms with Gasteiger partial charge < -0.3 is 9.64 Å². The third kappa shape index (κ3) is 4.54. The van der Waals surface area contributed by atoms with Crippen LogP contribution in [0.25, 0.3) is 0 Å². The number of thioether (sulfide) groups is 1. The minimum absolute atomic E-state index is 0.106. The van der Waals surface area contributed by atoms with Crippen molar-refractivity contribution in [2.45, 2.75) is 11.6 Å². The van der Waals surface area contributed by atoms with Crippen LogP contribution in [0.15, 0.2) is 5.16 Å². The van der Waals surface area contributed by atoms with Gasteiger partial charge in [-0.2, -0.15) is 9.36 Å². The average Bonchev–Trinajstić information content (AvgIpc) is 2.66. The molecule has 0 N–H and O–H groups in total. The molecule has 5 nitrogen and oxygen atoms in total. The maximum Gasteiger partial charge on any atom is 0.293 e. The average molecular weight is 282 g/mol. The van der Waals surface area contributed by atoms with E-state index in [1.807, 2.05) is 0 Å². The molecular weight excluding hydrogens is 270 g/mol. The zero-order chi connectivity index (χ0) is 12.0. The van der Waals surface area contributed by atoms with Gasteiger partial charge in [0.25, 0.3) is 10.4 Å². The number of rotatable bonds is 5. The van der Waals surface area contributed by atoms with E-state index < -0.39 is 0 Å². The first kappa shape index (κ1) is 13.5. The van der Waals surface area contributed by atoms with E-state index in [-0.39, 0.29) is 5.24 Å². The van der Waals surface area contributed by atoms with Gasteiger partial charge in [0.1, 0.15) is 0 Å². The van der Waals surface area contributed by atoms with Crippen LogP contribution in [0.1, 0.15) is 6.42 Å². The molecule has 0 fully saturated rings. The fourth-order valence-corrected chi connectivity index (χ4v) is 2.04. The Morgan fingerprint density at radius 1 is 1.62 bits per heavy atom. The molecule has 0 atom stereocenters. The lowest BCUT2D eigenvalue weighted by Gasteiger charge is -2.06. The number of halogens is 1. The monoisotopic (exact) mass is 281 g/mol. The quantitative estimate of drug-likeness (QED) is 0.471. The van der Waals surface area contributed by atoms with E-state index in [2.05, 4.69) is 9.36 Å². The molecule has 1 aromatic heterocycles. The van der Waals surface area contributed by atoms with Gasteiger partial charge in [-0.1, -0.05) is 0 Å². The van der Waals surface area contributed by atoms with E-state index in [9.17, 15) is 4.79 Å². The summed E-state index contributed by atoms with van der Waals surface area (Å²) in [7, 11) is 3.36. The van der Waals surface area contributed by atoms with Crippen LogP contribution < -0.4 is 4.74 Å². The van der Waals surface area contributed by atoms with Gasteiger partial charge in [-0.05, 0) is 6.42 Å². The zero-order valence-corrected chi connectivity index (χ0v) is 11.4. The van der Waals surface area contributed by atoms with Gasteiger partial charge >= 0.3 is 0 Å². The van der Waals surface area contributed by atoms with Crippen molar-refractivity contribution in [2.24, 2.45) is 0 Å². The number of alkyl halides is 1. The molecule has 1 heterocycles. The summed E-state index contributed by atoms with van der Waals surface area (Å²) in [6.45, 7) is 0.518. The van der Waals surface area contributed by atoms with Crippen LogP contribution in [-0.2, 0) is 0 Å². The number of ether oxygens (including phenoxy) is 1. The SMILES string of the molecule is CN(C)C(=O)Sc1nsc(OCCCCl)n1. The van der Waals surface area contributed by atoms with Crippen LogP contribution in [0.4, 0.5) is 4.79 Å². The van der Waals surface area contributed by atoms with Crippen LogP contribution in [0.2, 0.25) is 0 Å². The van der Waals surface area contributed by atoms with Crippen LogP contribution >= 0.6 is 34.9 Å². The summed E-state index contributed by atoms with van der Waals surface area (Å²) in [6.07, 6.45) is 0.764. The fourth-order valence-electron chi connectivity index (χ4n) is 0.681. The number of nitrogens with zero attached hydrogens (tertiary/aromatic N) is 3. The fraction of sp³-hybridized carbons (Fsp3) is 0.625. The summed E-state index contributed by atoms with van der Waals surface area (Å²) >= 11 is 7.63. The summed E-state index contributed by atoms with van der Waals surface area (Å²) in [4.78, 5) is 16.9. The molecule has 1 amide bonds. The molecule has 90 valence electrons. The second kappa shape index (κ2) is 6.93. The third-order valence-electron chi connectivity index (χ3n) is 1.44. The Balaban J connectivity index is 2.42. The molecule has 0 aliphatic carbocycles. The van der Waals surface area contributed by atoms with Gasteiger partial charge in [-0.3, -0.25) is 4.79 Å². The number of hydrogen-bond donors (Lipinski definition) is 0. The molecule has 0 spiro atoms.